The van der Waals surface area contributed by atoms with Crippen molar-refractivity contribution in [2.45, 2.75) is 13.0 Å². The Morgan fingerprint density at radius 1 is 1.03 bits per heavy atom. The molecule has 2 aromatic carbocycles. The number of hydrogen-bond acceptors (Lipinski definition) is 6. The number of carbonyl (C=O) groups is 1. The van der Waals surface area contributed by atoms with Crippen LogP contribution in [0.3, 0.4) is 0 Å². The van der Waals surface area contributed by atoms with Crippen LogP contribution in [0.5, 0.6) is 11.5 Å². The van der Waals surface area contributed by atoms with E-state index in [1.807, 2.05) is 34.5 Å². The number of benzene rings is 2. The van der Waals surface area contributed by atoms with Gasteiger partial charge in [0.2, 0.25) is 0 Å². The van der Waals surface area contributed by atoms with Crippen molar-refractivity contribution in [3.8, 4) is 11.5 Å². The van der Waals surface area contributed by atoms with E-state index in [-0.39, 0.29) is 5.91 Å². The fourth-order valence-corrected chi connectivity index (χ4v) is 4.37. The summed E-state index contributed by atoms with van der Waals surface area (Å²) in [6.45, 7) is 4.50. The average Bonchev–Trinajstić information content (AvgIpc) is 3.32. The zero-order chi connectivity index (χ0) is 22.3. The van der Waals surface area contributed by atoms with E-state index >= 15 is 0 Å². The fraction of sp³-hybridized carbons (Fsp3) is 0.333. The number of hydrogen-bond donors (Lipinski definition) is 0. The van der Waals surface area contributed by atoms with E-state index in [0.717, 1.165) is 55.7 Å². The highest BCUT2D eigenvalue weighted by Gasteiger charge is 2.23. The molecule has 8 heteroatoms. The van der Waals surface area contributed by atoms with Crippen LogP contribution in [0.25, 0.3) is 0 Å². The highest BCUT2D eigenvalue weighted by molar-refractivity contribution is 7.09. The lowest BCUT2D eigenvalue weighted by molar-refractivity contribution is 0.0633. The largest absolute Gasteiger partial charge is 0.497 e. The van der Waals surface area contributed by atoms with Gasteiger partial charge in [0, 0.05) is 43.1 Å². The van der Waals surface area contributed by atoms with Crippen molar-refractivity contribution in [3.05, 3.63) is 75.2 Å². The first kappa shape index (κ1) is 22.6. The van der Waals surface area contributed by atoms with Gasteiger partial charge >= 0.3 is 0 Å². The van der Waals surface area contributed by atoms with E-state index in [1.54, 1.807) is 19.2 Å². The van der Waals surface area contributed by atoms with Crippen LogP contribution in [0.4, 0.5) is 0 Å². The van der Waals surface area contributed by atoms with Crippen LogP contribution in [0.1, 0.15) is 21.1 Å². The van der Waals surface area contributed by atoms with Crippen molar-refractivity contribution in [3.63, 3.8) is 0 Å². The number of thiazole rings is 1. The zero-order valence-corrected chi connectivity index (χ0v) is 19.6. The van der Waals surface area contributed by atoms with Gasteiger partial charge in [0.1, 0.15) is 28.8 Å². The first-order valence-corrected chi connectivity index (χ1v) is 11.8. The van der Waals surface area contributed by atoms with Gasteiger partial charge in [-0.15, -0.1) is 11.3 Å². The third-order valence-corrected chi connectivity index (χ3v) is 6.56. The molecule has 0 spiro atoms. The SMILES string of the molecule is COc1ccc(CCN2CCN(C(=O)c3csc(COc4ccc(Cl)cc4)n3)CC2)cc1. The molecule has 1 saturated heterocycles. The first-order chi connectivity index (χ1) is 15.6. The monoisotopic (exact) mass is 471 g/mol. The average molecular weight is 472 g/mol. The normalized spacial score (nSPS) is 14.4. The second kappa shape index (κ2) is 10.8. The lowest BCUT2D eigenvalue weighted by atomic mass is 10.1. The van der Waals surface area contributed by atoms with Gasteiger partial charge in [-0.2, -0.15) is 0 Å². The van der Waals surface area contributed by atoms with Crippen molar-refractivity contribution in [2.75, 3.05) is 39.8 Å². The van der Waals surface area contributed by atoms with E-state index in [0.29, 0.717) is 17.3 Å². The van der Waals surface area contributed by atoms with Crippen LogP contribution in [0.15, 0.2) is 53.9 Å². The lowest BCUT2D eigenvalue weighted by Gasteiger charge is -2.34. The molecule has 0 radical (unpaired) electrons. The molecule has 1 aromatic heterocycles. The minimum absolute atomic E-state index is 0.00574. The maximum absolute atomic E-state index is 12.9. The van der Waals surface area contributed by atoms with Crippen LogP contribution in [0, 0.1) is 0 Å². The Morgan fingerprint density at radius 3 is 2.41 bits per heavy atom. The summed E-state index contributed by atoms with van der Waals surface area (Å²) in [6, 6.07) is 15.4. The topological polar surface area (TPSA) is 54.9 Å². The number of nitrogens with zero attached hydrogens (tertiary/aromatic N) is 3. The maximum Gasteiger partial charge on any atom is 0.273 e. The van der Waals surface area contributed by atoms with Gasteiger partial charge in [-0.3, -0.25) is 9.69 Å². The zero-order valence-electron chi connectivity index (χ0n) is 18.0. The Morgan fingerprint density at radius 2 is 1.72 bits per heavy atom. The molecule has 1 fully saturated rings. The summed E-state index contributed by atoms with van der Waals surface area (Å²) < 4.78 is 10.9. The van der Waals surface area contributed by atoms with Gasteiger partial charge in [-0.05, 0) is 48.4 Å². The molecule has 0 saturated carbocycles. The van der Waals surface area contributed by atoms with Crippen molar-refractivity contribution >= 4 is 28.8 Å². The summed E-state index contributed by atoms with van der Waals surface area (Å²) in [4.78, 5) is 21.6. The molecule has 1 amide bonds. The Kier molecular flexibility index (Phi) is 7.63. The molecular formula is C24H26ClN3O3S. The number of halogens is 1. The van der Waals surface area contributed by atoms with Crippen molar-refractivity contribution < 1.29 is 14.3 Å². The van der Waals surface area contributed by atoms with Crippen LogP contribution in [-0.4, -0.2) is 60.5 Å². The van der Waals surface area contributed by atoms with Gasteiger partial charge in [0.25, 0.3) is 5.91 Å². The standard InChI is InChI=1S/C24H26ClN3O3S/c1-30-20-6-2-18(3-7-20)10-11-27-12-14-28(15-13-27)24(29)22-17-32-23(26-22)16-31-21-8-4-19(25)5-9-21/h2-9,17H,10-16H2,1H3. The molecule has 0 aliphatic carbocycles. The Bertz CT molecular complexity index is 1020. The smallest absolute Gasteiger partial charge is 0.273 e. The molecule has 6 nitrogen and oxygen atoms in total. The molecule has 1 aliphatic heterocycles. The molecular weight excluding hydrogens is 446 g/mol. The molecule has 0 bridgehead atoms. The van der Waals surface area contributed by atoms with Crippen LogP contribution >= 0.6 is 22.9 Å². The number of aromatic nitrogens is 1. The fourth-order valence-electron chi connectivity index (χ4n) is 3.57. The van der Waals surface area contributed by atoms with Gasteiger partial charge < -0.3 is 14.4 Å². The number of carbonyl (C=O) groups excluding carboxylic acids is 1. The lowest BCUT2D eigenvalue weighted by Crippen LogP contribution is -2.49. The predicted octanol–water partition coefficient (Wildman–Crippen LogP) is 4.38. The molecule has 2 heterocycles. The number of piperazine rings is 1. The van der Waals surface area contributed by atoms with E-state index < -0.39 is 0 Å². The Labute approximate surface area is 197 Å². The van der Waals surface area contributed by atoms with Crippen molar-refractivity contribution in [1.29, 1.82) is 0 Å². The van der Waals surface area contributed by atoms with Crippen LogP contribution < -0.4 is 9.47 Å². The van der Waals surface area contributed by atoms with E-state index in [9.17, 15) is 4.79 Å². The third kappa shape index (κ3) is 6.00. The molecule has 4 rings (SSSR count). The molecule has 0 unspecified atom stereocenters. The highest BCUT2D eigenvalue weighted by atomic mass is 35.5. The summed E-state index contributed by atoms with van der Waals surface area (Å²) in [5, 5.41) is 3.26. The minimum atomic E-state index is -0.00574. The molecule has 1 aliphatic rings. The predicted molar refractivity (Wildman–Crippen MR) is 127 cm³/mol. The maximum atomic E-state index is 12.9. The third-order valence-electron chi connectivity index (χ3n) is 5.48. The highest BCUT2D eigenvalue weighted by Crippen LogP contribution is 2.19. The molecule has 3 aromatic rings. The summed E-state index contributed by atoms with van der Waals surface area (Å²) in [5.74, 6) is 1.60. The number of amides is 1. The van der Waals surface area contributed by atoms with Gasteiger partial charge in [-0.1, -0.05) is 23.7 Å². The van der Waals surface area contributed by atoms with Crippen LogP contribution in [-0.2, 0) is 13.0 Å². The summed E-state index contributed by atoms with van der Waals surface area (Å²) >= 11 is 7.33. The van der Waals surface area contributed by atoms with Gasteiger partial charge in [-0.25, -0.2) is 4.98 Å². The summed E-state index contributed by atoms with van der Waals surface area (Å²) in [5.41, 5.74) is 1.79. The minimum Gasteiger partial charge on any atom is -0.497 e. The van der Waals surface area contributed by atoms with Gasteiger partial charge in [0.15, 0.2) is 0 Å². The summed E-state index contributed by atoms with van der Waals surface area (Å²) in [6.07, 6.45) is 0.987. The second-order valence-corrected chi connectivity index (χ2v) is 8.98. The van der Waals surface area contributed by atoms with Crippen molar-refractivity contribution in [1.82, 2.24) is 14.8 Å². The number of rotatable bonds is 8. The van der Waals surface area contributed by atoms with E-state index in [4.69, 9.17) is 21.1 Å². The Balaban J connectivity index is 1.22. The van der Waals surface area contributed by atoms with Gasteiger partial charge in [0.05, 0.1) is 7.11 Å². The quantitative estimate of drug-likeness (QED) is 0.488. The Hall–Kier alpha value is -2.61. The molecule has 168 valence electrons. The molecule has 0 N–H and O–H groups in total. The molecule has 0 atom stereocenters. The first-order valence-electron chi connectivity index (χ1n) is 10.6. The van der Waals surface area contributed by atoms with Crippen molar-refractivity contribution in [2.24, 2.45) is 0 Å². The summed E-state index contributed by atoms with van der Waals surface area (Å²) in [7, 11) is 1.68. The second-order valence-electron chi connectivity index (χ2n) is 7.60. The van der Waals surface area contributed by atoms with E-state index in [2.05, 4.69) is 22.0 Å². The van der Waals surface area contributed by atoms with E-state index in [1.165, 1.54) is 16.9 Å². The number of methoxy groups -OCH3 is 1. The molecule has 32 heavy (non-hydrogen) atoms. The number of ether oxygens (including phenoxy) is 2. The van der Waals surface area contributed by atoms with Crippen LogP contribution in [0.2, 0.25) is 5.02 Å².